The Kier molecular flexibility index (Phi) is 5.97. The second kappa shape index (κ2) is 7.74. The number of hydrogen-bond acceptors (Lipinski definition) is 4. The zero-order valence-corrected chi connectivity index (χ0v) is 13.8. The van der Waals surface area contributed by atoms with Gasteiger partial charge in [-0.3, -0.25) is 0 Å². The van der Waals surface area contributed by atoms with Gasteiger partial charge in [0, 0.05) is 6.07 Å². The van der Waals surface area contributed by atoms with Gasteiger partial charge in [-0.15, -0.1) is 5.10 Å². The predicted octanol–water partition coefficient (Wildman–Crippen LogP) is 3.60. The molecule has 0 bridgehead atoms. The highest BCUT2D eigenvalue weighted by Gasteiger charge is 2.31. The molecule has 0 amide bonds. The molecule has 1 heterocycles. The van der Waals surface area contributed by atoms with Crippen molar-refractivity contribution in [3.63, 3.8) is 0 Å². The summed E-state index contributed by atoms with van der Waals surface area (Å²) in [5.41, 5.74) is 1.05. The van der Waals surface area contributed by atoms with Crippen molar-refractivity contribution in [2.24, 2.45) is 17.8 Å². The Bertz CT molecular complexity index is 421. The van der Waals surface area contributed by atoms with E-state index in [-0.39, 0.29) is 0 Å². The summed E-state index contributed by atoms with van der Waals surface area (Å²) in [6.45, 7) is 7.99. The van der Waals surface area contributed by atoms with Crippen molar-refractivity contribution in [3.05, 3.63) is 17.8 Å². The number of methoxy groups -OCH3 is 1. The van der Waals surface area contributed by atoms with Gasteiger partial charge in [0.25, 0.3) is 0 Å². The van der Waals surface area contributed by atoms with Gasteiger partial charge in [0.05, 0.1) is 18.8 Å². The number of ether oxygens (including phenoxy) is 1. The molecule has 2 rings (SSSR count). The summed E-state index contributed by atoms with van der Waals surface area (Å²) < 4.78 is 5.11. The monoisotopic (exact) mass is 291 g/mol. The average molecular weight is 291 g/mol. The maximum absolute atomic E-state index is 5.11. The Morgan fingerprint density at radius 1 is 1.24 bits per heavy atom. The first-order valence-corrected chi connectivity index (χ1v) is 8.26. The molecular formula is C17H29N3O. The van der Waals surface area contributed by atoms with Crippen LogP contribution in [-0.4, -0.2) is 23.9 Å². The zero-order chi connectivity index (χ0) is 15.2. The van der Waals surface area contributed by atoms with E-state index in [9.17, 15) is 0 Å². The smallest absolute Gasteiger partial charge is 0.233 e. The number of aromatic nitrogens is 2. The van der Waals surface area contributed by atoms with E-state index in [0.29, 0.717) is 17.8 Å². The minimum Gasteiger partial charge on any atom is -0.480 e. The summed E-state index contributed by atoms with van der Waals surface area (Å²) in [5, 5.41) is 12.2. The molecule has 4 atom stereocenters. The molecule has 0 spiro atoms. The van der Waals surface area contributed by atoms with Crippen LogP contribution in [0.15, 0.2) is 12.1 Å². The van der Waals surface area contributed by atoms with Gasteiger partial charge in [0.2, 0.25) is 5.88 Å². The second-order valence-corrected chi connectivity index (χ2v) is 6.46. The fourth-order valence-electron chi connectivity index (χ4n) is 3.31. The summed E-state index contributed by atoms with van der Waals surface area (Å²) >= 11 is 0. The van der Waals surface area contributed by atoms with Crippen LogP contribution >= 0.6 is 0 Å². The third-order valence-electron chi connectivity index (χ3n) is 4.91. The van der Waals surface area contributed by atoms with Crippen LogP contribution in [0.3, 0.4) is 0 Å². The van der Waals surface area contributed by atoms with Gasteiger partial charge in [-0.25, -0.2) is 0 Å². The number of nitrogens with one attached hydrogen (secondary N) is 1. The maximum atomic E-state index is 5.11. The molecule has 1 N–H and O–H groups in total. The van der Waals surface area contributed by atoms with Gasteiger partial charge in [-0.1, -0.05) is 27.2 Å². The summed E-state index contributed by atoms with van der Waals surface area (Å²) in [6.07, 6.45) is 5.01. The molecule has 1 aliphatic carbocycles. The second-order valence-electron chi connectivity index (χ2n) is 6.46. The lowest BCUT2D eigenvalue weighted by molar-refractivity contribution is 0.169. The van der Waals surface area contributed by atoms with Crippen LogP contribution in [0, 0.1) is 17.8 Å². The first-order chi connectivity index (χ1) is 10.2. The topological polar surface area (TPSA) is 47.0 Å². The lowest BCUT2D eigenvalue weighted by Gasteiger charge is -2.36. The molecule has 21 heavy (non-hydrogen) atoms. The van der Waals surface area contributed by atoms with Crippen LogP contribution in [0.1, 0.15) is 58.2 Å². The van der Waals surface area contributed by atoms with Crippen molar-refractivity contribution in [1.29, 1.82) is 0 Å². The van der Waals surface area contributed by atoms with E-state index in [1.54, 1.807) is 7.11 Å². The predicted molar refractivity (Wildman–Crippen MR) is 85.3 cm³/mol. The third-order valence-corrected chi connectivity index (χ3v) is 4.91. The highest BCUT2D eigenvalue weighted by atomic mass is 16.5. The zero-order valence-electron chi connectivity index (χ0n) is 13.8. The molecule has 1 aromatic rings. The van der Waals surface area contributed by atoms with E-state index in [0.717, 1.165) is 30.5 Å². The Morgan fingerprint density at radius 3 is 2.62 bits per heavy atom. The number of rotatable bonds is 6. The molecule has 0 aromatic carbocycles. The fraction of sp³-hybridized carbons (Fsp3) is 0.765. The fourth-order valence-corrected chi connectivity index (χ4v) is 3.31. The van der Waals surface area contributed by atoms with Gasteiger partial charge in [0.1, 0.15) is 0 Å². The third kappa shape index (κ3) is 4.16. The molecular weight excluding hydrogens is 262 g/mol. The largest absolute Gasteiger partial charge is 0.480 e. The highest BCUT2D eigenvalue weighted by molar-refractivity contribution is 5.15. The number of nitrogens with zero attached hydrogens (tertiary/aromatic N) is 2. The van der Waals surface area contributed by atoms with Gasteiger partial charge >= 0.3 is 0 Å². The van der Waals surface area contributed by atoms with Gasteiger partial charge < -0.3 is 10.1 Å². The lowest BCUT2D eigenvalue weighted by atomic mass is 9.72. The van der Waals surface area contributed by atoms with Gasteiger partial charge in [-0.2, -0.15) is 5.10 Å². The van der Waals surface area contributed by atoms with Crippen LogP contribution in [0.2, 0.25) is 0 Å². The van der Waals surface area contributed by atoms with Crippen LogP contribution < -0.4 is 10.1 Å². The Hall–Kier alpha value is -1.16. The van der Waals surface area contributed by atoms with Crippen molar-refractivity contribution in [2.75, 3.05) is 13.7 Å². The molecule has 4 nitrogen and oxygen atoms in total. The molecule has 1 aromatic heterocycles. The van der Waals surface area contributed by atoms with E-state index < -0.39 is 0 Å². The van der Waals surface area contributed by atoms with Gasteiger partial charge in [-0.05, 0) is 49.6 Å². The van der Waals surface area contributed by atoms with Gasteiger partial charge in [0.15, 0.2) is 0 Å². The van der Waals surface area contributed by atoms with Crippen molar-refractivity contribution in [3.8, 4) is 5.88 Å². The van der Waals surface area contributed by atoms with Crippen molar-refractivity contribution >= 4 is 0 Å². The van der Waals surface area contributed by atoms with E-state index >= 15 is 0 Å². The Balaban J connectivity index is 2.12. The Morgan fingerprint density at radius 2 is 2.05 bits per heavy atom. The van der Waals surface area contributed by atoms with E-state index in [2.05, 4.69) is 42.4 Å². The van der Waals surface area contributed by atoms with Crippen molar-refractivity contribution in [1.82, 2.24) is 15.5 Å². The minimum atomic E-state index is 0.318. The summed E-state index contributed by atoms with van der Waals surface area (Å²) in [7, 11) is 1.63. The highest BCUT2D eigenvalue weighted by Crippen LogP contribution is 2.39. The quantitative estimate of drug-likeness (QED) is 0.870. The summed E-state index contributed by atoms with van der Waals surface area (Å²) in [5.74, 6) is 2.87. The SMILES string of the molecule is CCCNC(c1ccc(OC)nn1)C1CCC(C)C(C)C1. The molecule has 0 aliphatic heterocycles. The average Bonchev–Trinajstić information content (AvgIpc) is 2.51. The van der Waals surface area contributed by atoms with Crippen LogP contribution in [-0.2, 0) is 0 Å². The molecule has 4 unspecified atom stereocenters. The molecule has 1 saturated carbocycles. The minimum absolute atomic E-state index is 0.318. The van der Waals surface area contributed by atoms with E-state index in [1.807, 2.05) is 6.07 Å². The Labute approximate surface area is 128 Å². The summed E-state index contributed by atoms with van der Waals surface area (Å²) in [6, 6.07) is 4.29. The van der Waals surface area contributed by atoms with Crippen molar-refractivity contribution in [2.45, 2.75) is 52.5 Å². The molecule has 0 radical (unpaired) electrons. The van der Waals surface area contributed by atoms with Crippen molar-refractivity contribution < 1.29 is 4.74 Å². The molecule has 1 aliphatic rings. The van der Waals surface area contributed by atoms with Crippen LogP contribution in [0.25, 0.3) is 0 Å². The van der Waals surface area contributed by atoms with Crippen LogP contribution in [0.5, 0.6) is 5.88 Å². The normalized spacial score (nSPS) is 27.3. The number of hydrogen-bond donors (Lipinski definition) is 1. The molecule has 0 saturated heterocycles. The molecule has 1 fully saturated rings. The molecule has 4 heteroatoms. The first-order valence-electron chi connectivity index (χ1n) is 8.26. The molecule has 118 valence electrons. The van der Waals surface area contributed by atoms with E-state index in [1.165, 1.54) is 19.3 Å². The first kappa shape index (κ1) is 16.2. The maximum Gasteiger partial charge on any atom is 0.233 e. The van der Waals surface area contributed by atoms with Crippen LogP contribution in [0.4, 0.5) is 0 Å². The standard InChI is InChI=1S/C17H29N3O/c1-5-10-18-17(14-7-6-12(2)13(3)11-14)15-8-9-16(21-4)20-19-15/h8-9,12-14,17-18H,5-7,10-11H2,1-4H3. The summed E-state index contributed by atoms with van der Waals surface area (Å²) in [4.78, 5) is 0. The lowest BCUT2D eigenvalue weighted by Crippen LogP contribution is -2.34. The van der Waals surface area contributed by atoms with E-state index in [4.69, 9.17) is 4.74 Å².